The van der Waals surface area contributed by atoms with Gasteiger partial charge in [-0.3, -0.25) is 0 Å². The fourth-order valence-corrected chi connectivity index (χ4v) is 1.88. The Kier molecular flexibility index (Phi) is 4.22. The topological polar surface area (TPSA) is 41.1 Å². The van der Waals surface area contributed by atoms with Gasteiger partial charge in [-0.25, -0.2) is 9.97 Å². The second-order valence-corrected chi connectivity index (χ2v) is 4.80. The van der Waals surface area contributed by atoms with Crippen molar-refractivity contribution >= 4 is 28.8 Å². The van der Waals surface area contributed by atoms with Gasteiger partial charge in [0.1, 0.15) is 16.8 Å². The van der Waals surface area contributed by atoms with E-state index in [4.69, 9.17) is 11.6 Å². The molecule has 0 aliphatic carbocycles. The van der Waals surface area contributed by atoms with Crippen LogP contribution >= 0.6 is 11.6 Å². The van der Waals surface area contributed by atoms with Crippen LogP contribution < -0.4 is 10.2 Å². The van der Waals surface area contributed by atoms with E-state index in [9.17, 15) is 0 Å². The fourth-order valence-electron chi connectivity index (χ4n) is 1.68. The number of nitrogens with zero attached hydrogens (tertiary/aromatic N) is 3. The third kappa shape index (κ3) is 3.58. The van der Waals surface area contributed by atoms with E-state index in [0.717, 1.165) is 29.4 Å². The van der Waals surface area contributed by atoms with Crippen molar-refractivity contribution in [2.75, 3.05) is 24.3 Å². The van der Waals surface area contributed by atoms with Crippen LogP contribution in [0.2, 0.25) is 5.15 Å². The Balaban J connectivity index is 2.18. The molecule has 0 aliphatic rings. The molecule has 0 spiro atoms. The fraction of sp³-hybridized carbons (Fsp3) is 0.286. The summed E-state index contributed by atoms with van der Waals surface area (Å²) in [6.45, 7) is 2.00. The number of aryl methyl sites for hydroxylation is 1. The maximum Gasteiger partial charge on any atom is 0.135 e. The highest BCUT2D eigenvalue weighted by atomic mass is 35.5. The number of hydrogen-bond acceptors (Lipinski definition) is 4. The van der Waals surface area contributed by atoms with Crippen LogP contribution in [-0.2, 0) is 6.42 Å². The zero-order chi connectivity index (χ0) is 13.8. The van der Waals surface area contributed by atoms with E-state index in [0.29, 0.717) is 5.15 Å². The lowest BCUT2D eigenvalue weighted by Gasteiger charge is -2.13. The number of halogens is 1. The monoisotopic (exact) mass is 276 g/mol. The summed E-state index contributed by atoms with van der Waals surface area (Å²) in [5.41, 5.74) is 2.13. The summed E-state index contributed by atoms with van der Waals surface area (Å²) >= 11 is 5.96. The Morgan fingerprint density at radius 2 is 1.84 bits per heavy atom. The highest BCUT2D eigenvalue weighted by Gasteiger charge is 2.03. The van der Waals surface area contributed by atoms with E-state index in [1.165, 1.54) is 0 Å². The van der Waals surface area contributed by atoms with Gasteiger partial charge in [0.25, 0.3) is 0 Å². The van der Waals surface area contributed by atoms with Crippen molar-refractivity contribution in [1.82, 2.24) is 9.97 Å². The van der Waals surface area contributed by atoms with Crippen molar-refractivity contribution in [2.24, 2.45) is 0 Å². The maximum atomic E-state index is 5.96. The second kappa shape index (κ2) is 5.89. The van der Waals surface area contributed by atoms with Crippen LogP contribution in [0, 0.1) is 0 Å². The number of hydrogen-bond donors (Lipinski definition) is 1. The third-order valence-electron chi connectivity index (χ3n) is 2.71. The number of nitrogens with one attached hydrogen (secondary N) is 1. The van der Waals surface area contributed by atoms with Gasteiger partial charge < -0.3 is 10.2 Å². The van der Waals surface area contributed by atoms with Crippen LogP contribution in [0.5, 0.6) is 0 Å². The summed E-state index contributed by atoms with van der Waals surface area (Å²) < 4.78 is 0. The van der Waals surface area contributed by atoms with Gasteiger partial charge in [-0.2, -0.15) is 0 Å². The second-order valence-electron chi connectivity index (χ2n) is 4.41. The quantitative estimate of drug-likeness (QED) is 0.868. The highest BCUT2D eigenvalue weighted by Crippen LogP contribution is 2.20. The summed E-state index contributed by atoms with van der Waals surface area (Å²) in [7, 11) is 4.03. The molecule has 0 amide bonds. The van der Waals surface area contributed by atoms with Crippen molar-refractivity contribution < 1.29 is 0 Å². The summed E-state index contributed by atoms with van der Waals surface area (Å²) in [6, 6.07) is 9.84. The van der Waals surface area contributed by atoms with E-state index in [-0.39, 0.29) is 0 Å². The van der Waals surface area contributed by atoms with Gasteiger partial charge in [-0.05, 0) is 24.3 Å². The Morgan fingerprint density at radius 1 is 1.16 bits per heavy atom. The molecule has 0 saturated heterocycles. The molecule has 2 aromatic rings. The first-order valence-corrected chi connectivity index (χ1v) is 6.54. The van der Waals surface area contributed by atoms with E-state index in [2.05, 4.69) is 20.2 Å². The number of benzene rings is 1. The molecule has 100 valence electrons. The van der Waals surface area contributed by atoms with E-state index < -0.39 is 0 Å². The molecule has 1 N–H and O–H groups in total. The number of rotatable bonds is 4. The van der Waals surface area contributed by atoms with Crippen LogP contribution in [0.15, 0.2) is 30.3 Å². The van der Waals surface area contributed by atoms with Crippen molar-refractivity contribution in [1.29, 1.82) is 0 Å². The molecule has 5 heteroatoms. The van der Waals surface area contributed by atoms with E-state index >= 15 is 0 Å². The average molecular weight is 277 g/mol. The lowest BCUT2D eigenvalue weighted by Crippen LogP contribution is -2.08. The predicted molar refractivity (Wildman–Crippen MR) is 80.5 cm³/mol. The molecule has 4 nitrogen and oxygen atoms in total. The van der Waals surface area contributed by atoms with Crippen LogP contribution in [-0.4, -0.2) is 24.1 Å². The summed E-state index contributed by atoms with van der Waals surface area (Å²) in [5, 5.41) is 3.69. The SMILES string of the molecule is CCc1nc(Cl)cc(Nc2ccc(N(C)C)cc2)n1. The Hall–Kier alpha value is -1.81. The van der Waals surface area contributed by atoms with Gasteiger partial charge in [0.2, 0.25) is 0 Å². The van der Waals surface area contributed by atoms with Crippen LogP contribution in [0.4, 0.5) is 17.2 Å². The Bertz CT molecular complexity index is 552. The smallest absolute Gasteiger partial charge is 0.135 e. The van der Waals surface area contributed by atoms with Gasteiger partial charge in [0.05, 0.1) is 0 Å². The van der Waals surface area contributed by atoms with Crippen LogP contribution in [0.1, 0.15) is 12.7 Å². The van der Waals surface area contributed by atoms with Gasteiger partial charge in [-0.1, -0.05) is 18.5 Å². The zero-order valence-corrected chi connectivity index (χ0v) is 12.1. The van der Waals surface area contributed by atoms with E-state index in [1.54, 1.807) is 6.07 Å². The molecular formula is C14H17ClN4. The molecule has 19 heavy (non-hydrogen) atoms. The van der Waals surface area contributed by atoms with Crippen LogP contribution in [0.25, 0.3) is 0 Å². The predicted octanol–water partition coefficient (Wildman–Crippen LogP) is 3.50. The van der Waals surface area contributed by atoms with Gasteiger partial charge in [-0.15, -0.1) is 0 Å². The van der Waals surface area contributed by atoms with Crippen molar-refractivity contribution in [3.63, 3.8) is 0 Å². The van der Waals surface area contributed by atoms with Gasteiger partial charge in [0, 0.05) is 38.0 Å². The van der Waals surface area contributed by atoms with Crippen molar-refractivity contribution in [2.45, 2.75) is 13.3 Å². The molecular weight excluding hydrogens is 260 g/mol. The van der Waals surface area contributed by atoms with Crippen LogP contribution in [0.3, 0.4) is 0 Å². The molecule has 0 unspecified atom stereocenters. The molecule has 0 aliphatic heterocycles. The summed E-state index contributed by atoms with van der Waals surface area (Å²) in [6.07, 6.45) is 0.759. The largest absolute Gasteiger partial charge is 0.378 e. The first kappa shape index (κ1) is 13.6. The number of anilines is 3. The molecule has 0 atom stereocenters. The molecule has 0 radical (unpaired) electrons. The average Bonchev–Trinajstić information content (AvgIpc) is 2.38. The van der Waals surface area contributed by atoms with Crippen molar-refractivity contribution in [3.05, 3.63) is 41.3 Å². The standard InChI is InChI=1S/C14H17ClN4/c1-4-13-17-12(15)9-14(18-13)16-10-5-7-11(8-6-10)19(2)3/h5-9H,4H2,1-3H3,(H,16,17,18). The Morgan fingerprint density at radius 3 is 2.42 bits per heavy atom. The molecule has 0 bridgehead atoms. The molecule has 0 fully saturated rings. The first-order chi connectivity index (χ1) is 9.08. The molecule has 1 heterocycles. The maximum absolute atomic E-state index is 5.96. The lowest BCUT2D eigenvalue weighted by atomic mass is 10.2. The highest BCUT2D eigenvalue weighted by molar-refractivity contribution is 6.29. The minimum atomic E-state index is 0.458. The normalized spacial score (nSPS) is 10.3. The lowest BCUT2D eigenvalue weighted by molar-refractivity contribution is 0.943. The first-order valence-electron chi connectivity index (χ1n) is 6.16. The van der Waals surface area contributed by atoms with Gasteiger partial charge in [0.15, 0.2) is 0 Å². The number of aromatic nitrogens is 2. The molecule has 0 saturated carbocycles. The third-order valence-corrected chi connectivity index (χ3v) is 2.91. The molecule has 1 aromatic heterocycles. The van der Waals surface area contributed by atoms with Gasteiger partial charge >= 0.3 is 0 Å². The summed E-state index contributed by atoms with van der Waals surface area (Å²) in [5.74, 6) is 1.45. The summed E-state index contributed by atoms with van der Waals surface area (Å²) in [4.78, 5) is 10.6. The minimum Gasteiger partial charge on any atom is -0.378 e. The van der Waals surface area contributed by atoms with Crippen molar-refractivity contribution in [3.8, 4) is 0 Å². The Labute approximate surface area is 118 Å². The molecule has 1 aromatic carbocycles. The van der Waals surface area contributed by atoms with E-state index in [1.807, 2.05) is 45.3 Å². The zero-order valence-electron chi connectivity index (χ0n) is 11.3. The molecule has 2 rings (SSSR count). The minimum absolute atomic E-state index is 0.458.